The monoisotopic (exact) mass is 243 g/mol. The van der Waals surface area contributed by atoms with Crippen molar-refractivity contribution in [2.24, 2.45) is 0 Å². The van der Waals surface area contributed by atoms with Gasteiger partial charge in [-0.05, 0) is 34.0 Å². The number of rotatable bonds is 4. The highest BCUT2D eigenvalue weighted by Gasteiger charge is 2.06. The Bertz CT molecular complexity index is 526. The molecular weight excluding hydrogens is 222 g/mol. The molecule has 0 saturated heterocycles. The fourth-order valence-corrected chi connectivity index (χ4v) is 1.99. The van der Waals surface area contributed by atoms with Crippen LogP contribution in [0.3, 0.4) is 0 Å². The summed E-state index contributed by atoms with van der Waals surface area (Å²) in [6, 6.07) is 8.49. The maximum absolute atomic E-state index is 4.64. The van der Waals surface area contributed by atoms with Crippen molar-refractivity contribution in [3.05, 3.63) is 41.9 Å². The number of nitrogens with zero attached hydrogens (tertiary/aromatic N) is 3. The van der Waals surface area contributed by atoms with Crippen LogP contribution in [0.2, 0.25) is 0 Å². The summed E-state index contributed by atoms with van der Waals surface area (Å²) in [5, 5.41) is 0. The second kappa shape index (κ2) is 5.36. The standard InChI is InChI=1S/C15H21N3/c1-12-6-5-7-14(10-12)15-11-18(13(2)16-15)9-8-17(3)4/h5-7,10-11H,8-9H2,1-4H3. The summed E-state index contributed by atoms with van der Waals surface area (Å²) in [5.41, 5.74) is 3.53. The molecule has 0 aliphatic rings. The lowest BCUT2D eigenvalue weighted by atomic mass is 10.1. The zero-order valence-electron chi connectivity index (χ0n) is 11.6. The van der Waals surface area contributed by atoms with Gasteiger partial charge in [0, 0.05) is 24.8 Å². The van der Waals surface area contributed by atoms with E-state index in [9.17, 15) is 0 Å². The van der Waals surface area contributed by atoms with Gasteiger partial charge in [0.2, 0.25) is 0 Å². The average Bonchev–Trinajstić information content (AvgIpc) is 2.68. The van der Waals surface area contributed by atoms with Gasteiger partial charge in [0.25, 0.3) is 0 Å². The summed E-state index contributed by atoms with van der Waals surface area (Å²) in [6.45, 7) is 6.19. The SMILES string of the molecule is Cc1cccc(-c2cn(CCN(C)C)c(C)n2)c1. The Morgan fingerprint density at radius 3 is 2.67 bits per heavy atom. The highest BCUT2D eigenvalue weighted by molar-refractivity contribution is 5.59. The van der Waals surface area contributed by atoms with Gasteiger partial charge in [-0.2, -0.15) is 0 Å². The third kappa shape index (κ3) is 2.99. The molecule has 0 spiro atoms. The Morgan fingerprint density at radius 1 is 1.22 bits per heavy atom. The number of aryl methyl sites for hydroxylation is 2. The lowest BCUT2D eigenvalue weighted by Crippen LogP contribution is -2.18. The third-order valence-corrected chi connectivity index (χ3v) is 3.08. The summed E-state index contributed by atoms with van der Waals surface area (Å²) in [6.07, 6.45) is 2.15. The molecule has 0 bridgehead atoms. The second-order valence-corrected chi connectivity index (χ2v) is 5.04. The lowest BCUT2D eigenvalue weighted by molar-refractivity contribution is 0.382. The van der Waals surface area contributed by atoms with E-state index in [1.807, 2.05) is 0 Å². The van der Waals surface area contributed by atoms with E-state index in [1.54, 1.807) is 0 Å². The first-order valence-corrected chi connectivity index (χ1v) is 6.32. The molecular formula is C15H21N3. The van der Waals surface area contributed by atoms with Crippen LogP contribution in [-0.4, -0.2) is 35.1 Å². The van der Waals surface area contributed by atoms with Crippen LogP contribution in [-0.2, 0) is 6.54 Å². The first kappa shape index (κ1) is 12.8. The van der Waals surface area contributed by atoms with Crippen molar-refractivity contribution < 1.29 is 0 Å². The van der Waals surface area contributed by atoms with Gasteiger partial charge in [0.05, 0.1) is 5.69 Å². The zero-order valence-corrected chi connectivity index (χ0v) is 11.6. The van der Waals surface area contributed by atoms with Crippen molar-refractivity contribution in [2.45, 2.75) is 20.4 Å². The van der Waals surface area contributed by atoms with Gasteiger partial charge in [-0.3, -0.25) is 0 Å². The number of aromatic nitrogens is 2. The van der Waals surface area contributed by atoms with Crippen LogP contribution in [0.4, 0.5) is 0 Å². The van der Waals surface area contributed by atoms with Crippen molar-refractivity contribution in [3.63, 3.8) is 0 Å². The fourth-order valence-electron chi connectivity index (χ4n) is 1.99. The molecule has 1 aromatic carbocycles. The summed E-state index contributed by atoms with van der Waals surface area (Å²) < 4.78 is 2.22. The molecule has 0 aliphatic heterocycles. The third-order valence-electron chi connectivity index (χ3n) is 3.08. The molecule has 0 fully saturated rings. The van der Waals surface area contributed by atoms with E-state index in [0.29, 0.717) is 0 Å². The van der Waals surface area contributed by atoms with Gasteiger partial charge in [-0.1, -0.05) is 23.8 Å². The smallest absolute Gasteiger partial charge is 0.106 e. The fraction of sp³-hybridized carbons (Fsp3) is 0.400. The van der Waals surface area contributed by atoms with Crippen molar-refractivity contribution in [2.75, 3.05) is 20.6 Å². The number of likely N-dealkylation sites (N-methyl/N-ethyl adjacent to an activating group) is 1. The summed E-state index contributed by atoms with van der Waals surface area (Å²) in [4.78, 5) is 6.83. The Balaban J connectivity index is 2.23. The number of imidazole rings is 1. The molecule has 3 nitrogen and oxygen atoms in total. The van der Waals surface area contributed by atoms with Crippen molar-refractivity contribution in [1.29, 1.82) is 0 Å². The Hall–Kier alpha value is -1.61. The molecule has 0 saturated carbocycles. The highest BCUT2D eigenvalue weighted by atomic mass is 15.1. The molecule has 1 heterocycles. The minimum Gasteiger partial charge on any atom is -0.333 e. The average molecular weight is 243 g/mol. The number of benzene rings is 1. The number of hydrogen-bond donors (Lipinski definition) is 0. The first-order valence-electron chi connectivity index (χ1n) is 6.32. The van der Waals surface area contributed by atoms with E-state index >= 15 is 0 Å². The predicted octanol–water partition coefficient (Wildman–Crippen LogP) is 2.73. The summed E-state index contributed by atoms with van der Waals surface area (Å²) in [7, 11) is 4.18. The van der Waals surface area contributed by atoms with E-state index in [2.05, 4.69) is 72.9 Å². The molecule has 18 heavy (non-hydrogen) atoms. The predicted molar refractivity (Wildman–Crippen MR) is 75.7 cm³/mol. The van der Waals surface area contributed by atoms with Gasteiger partial charge >= 0.3 is 0 Å². The van der Waals surface area contributed by atoms with E-state index in [0.717, 1.165) is 24.6 Å². The molecule has 96 valence electrons. The van der Waals surface area contributed by atoms with Crippen molar-refractivity contribution in [3.8, 4) is 11.3 Å². The van der Waals surface area contributed by atoms with Gasteiger partial charge in [-0.25, -0.2) is 4.98 Å². The Morgan fingerprint density at radius 2 is 2.00 bits per heavy atom. The molecule has 3 heteroatoms. The van der Waals surface area contributed by atoms with Crippen LogP contribution < -0.4 is 0 Å². The van der Waals surface area contributed by atoms with E-state index in [4.69, 9.17) is 0 Å². The van der Waals surface area contributed by atoms with Gasteiger partial charge in [0.1, 0.15) is 5.82 Å². The van der Waals surface area contributed by atoms with Crippen LogP contribution in [0.1, 0.15) is 11.4 Å². The minimum atomic E-state index is 0.984. The molecule has 0 unspecified atom stereocenters. The Kier molecular flexibility index (Phi) is 3.82. The lowest BCUT2D eigenvalue weighted by Gasteiger charge is -2.10. The molecule has 0 N–H and O–H groups in total. The maximum Gasteiger partial charge on any atom is 0.106 e. The second-order valence-electron chi connectivity index (χ2n) is 5.04. The summed E-state index contributed by atoms with van der Waals surface area (Å²) in [5.74, 6) is 1.08. The molecule has 2 aromatic rings. The summed E-state index contributed by atoms with van der Waals surface area (Å²) >= 11 is 0. The quantitative estimate of drug-likeness (QED) is 0.823. The highest BCUT2D eigenvalue weighted by Crippen LogP contribution is 2.19. The normalized spacial score (nSPS) is 11.2. The molecule has 2 rings (SSSR count). The van der Waals surface area contributed by atoms with E-state index < -0.39 is 0 Å². The van der Waals surface area contributed by atoms with E-state index in [-0.39, 0.29) is 0 Å². The van der Waals surface area contributed by atoms with Crippen LogP contribution in [0.25, 0.3) is 11.3 Å². The minimum absolute atomic E-state index is 0.984. The van der Waals surface area contributed by atoms with E-state index in [1.165, 1.54) is 11.1 Å². The van der Waals surface area contributed by atoms with Crippen molar-refractivity contribution in [1.82, 2.24) is 14.5 Å². The molecule has 0 atom stereocenters. The number of hydrogen-bond acceptors (Lipinski definition) is 2. The van der Waals surface area contributed by atoms with Crippen LogP contribution in [0, 0.1) is 13.8 Å². The topological polar surface area (TPSA) is 21.1 Å². The van der Waals surface area contributed by atoms with Crippen LogP contribution in [0.15, 0.2) is 30.5 Å². The largest absolute Gasteiger partial charge is 0.333 e. The Labute approximate surface area is 109 Å². The molecule has 0 aliphatic carbocycles. The maximum atomic E-state index is 4.64. The van der Waals surface area contributed by atoms with Gasteiger partial charge in [-0.15, -0.1) is 0 Å². The van der Waals surface area contributed by atoms with Crippen molar-refractivity contribution >= 4 is 0 Å². The zero-order chi connectivity index (χ0) is 13.1. The molecule has 0 radical (unpaired) electrons. The molecule has 1 aromatic heterocycles. The first-order chi connectivity index (χ1) is 8.56. The van der Waals surface area contributed by atoms with Gasteiger partial charge < -0.3 is 9.47 Å². The van der Waals surface area contributed by atoms with Crippen LogP contribution in [0.5, 0.6) is 0 Å². The van der Waals surface area contributed by atoms with Crippen LogP contribution >= 0.6 is 0 Å². The molecule has 0 amide bonds. The van der Waals surface area contributed by atoms with Gasteiger partial charge in [0.15, 0.2) is 0 Å².